The standard InChI is InChI=1S/C12H11N5O/c1-2-4-10-9(3-1)7-14-12(16-10)13-6-5-11-15-8-18-17-11/h1-4,7-8H,5-6H2,(H,13,14,16). The van der Waals surface area contributed by atoms with E-state index in [0.29, 0.717) is 24.7 Å². The molecule has 0 amide bonds. The van der Waals surface area contributed by atoms with E-state index in [1.165, 1.54) is 6.39 Å². The summed E-state index contributed by atoms with van der Waals surface area (Å²) in [6.07, 6.45) is 3.80. The van der Waals surface area contributed by atoms with Crippen molar-refractivity contribution >= 4 is 16.9 Å². The summed E-state index contributed by atoms with van der Waals surface area (Å²) >= 11 is 0. The second kappa shape index (κ2) is 4.79. The summed E-state index contributed by atoms with van der Waals surface area (Å²) in [5.41, 5.74) is 0.926. The van der Waals surface area contributed by atoms with E-state index < -0.39 is 0 Å². The molecule has 0 radical (unpaired) electrons. The Bertz CT molecular complexity index is 638. The highest BCUT2D eigenvalue weighted by molar-refractivity contribution is 5.78. The van der Waals surface area contributed by atoms with Crippen molar-refractivity contribution in [1.29, 1.82) is 0 Å². The zero-order valence-corrected chi connectivity index (χ0v) is 9.58. The summed E-state index contributed by atoms with van der Waals surface area (Å²) < 4.78 is 4.65. The van der Waals surface area contributed by atoms with E-state index >= 15 is 0 Å². The van der Waals surface area contributed by atoms with Crippen molar-refractivity contribution in [2.75, 3.05) is 11.9 Å². The van der Waals surface area contributed by atoms with Gasteiger partial charge >= 0.3 is 0 Å². The highest BCUT2D eigenvalue weighted by Crippen LogP contribution is 2.11. The van der Waals surface area contributed by atoms with Crippen molar-refractivity contribution in [3.05, 3.63) is 42.7 Å². The maximum absolute atomic E-state index is 4.65. The fraction of sp³-hybridized carbons (Fsp3) is 0.167. The van der Waals surface area contributed by atoms with Crippen LogP contribution in [0.25, 0.3) is 10.9 Å². The Labute approximate surface area is 103 Å². The molecule has 6 nitrogen and oxygen atoms in total. The minimum absolute atomic E-state index is 0.609. The molecule has 2 aromatic heterocycles. The number of aromatic nitrogens is 4. The number of benzene rings is 1. The third-order valence-electron chi connectivity index (χ3n) is 2.53. The molecule has 3 aromatic rings. The van der Waals surface area contributed by atoms with Crippen LogP contribution in [-0.4, -0.2) is 26.7 Å². The third kappa shape index (κ3) is 2.27. The number of anilines is 1. The molecule has 2 heterocycles. The second-order valence-corrected chi connectivity index (χ2v) is 3.78. The first-order valence-corrected chi connectivity index (χ1v) is 5.63. The van der Waals surface area contributed by atoms with Crippen LogP contribution in [0, 0.1) is 0 Å². The molecule has 0 aliphatic carbocycles. The van der Waals surface area contributed by atoms with E-state index in [1.54, 1.807) is 6.20 Å². The van der Waals surface area contributed by atoms with Crippen LogP contribution in [-0.2, 0) is 6.42 Å². The number of nitrogens with zero attached hydrogens (tertiary/aromatic N) is 4. The van der Waals surface area contributed by atoms with Gasteiger partial charge in [0.25, 0.3) is 0 Å². The van der Waals surface area contributed by atoms with Gasteiger partial charge < -0.3 is 9.84 Å². The maximum Gasteiger partial charge on any atom is 0.223 e. The van der Waals surface area contributed by atoms with E-state index in [1.807, 2.05) is 24.3 Å². The van der Waals surface area contributed by atoms with Gasteiger partial charge in [0.2, 0.25) is 12.3 Å². The largest absolute Gasteiger partial charge is 0.354 e. The Morgan fingerprint density at radius 3 is 3.00 bits per heavy atom. The van der Waals surface area contributed by atoms with Crippen LogP contribution in [0.15, 0.2) is 41.4 Å². The normalized spacial score (nSPS) is 10.7. The predicted molar refractivity (Wildman–Crippen MR) is 66.0 cm³/mol. The van der Waals surface area contributed by atoms with E-state index in [-0.39, 0.29) is 0 Å². The van der Waals surface area contributed by atoms with Crippen LogP contribution in [0.2, 0.25) is 0 Å². The quantitative estimate of drug-likeness (QED) is 0.748. The molecule has 0 atom stereocenters. The van der Waals surface area contributed by atoms with Crippen LogP contribution in [0.4, 0.5) is 5.95 Å². The fourth-order valence-electron chi connectivity index (χ4n) is 1.65. The molecule has 90 valence electrons. The van der Waals surface area contributed by atoms with Gasteiger partial charge in [0.05, 0.1) is 5.52 Å². The van der Waals surface area contributed by atoms with Crippen LogP contribution < -0.4 is 5.32 Å². The zero-order valence-electron chi connectivity index (χ0n) is 9.58. The predicted octanol–water partition coefficient (Wildman–Crippen LogP) is 1.67. The van der Waals surface area contributed by atoms with Gasteiger partial charge in [0.15, 0.2) is 5.82 Å². The highest BCUT2D eigenvalue weighted by Gasteiger charge is 2.01. The van der Waals surface area contributed by atoms with Crippen molar-refractivity contribution in [2.24, 2.45) is 0 Å². The number of fused-ring (bicyclic) bond motifs is 1. The lowest BCUT2D eigenvalue weighted by atomic mass is 10.2. The summed E-state index contributed by atoms with van der Waals surface area (Å²) in [6, 6.07) is 7.87. The van der Waals surface area contributed by atoms with E-state index in [4.69, 9.17) is 0 Å². The topological polar surface area (TPSA) is 76.7 Å². The lowest BCUT2D eigenvalue weighted by Gasteiger charge is -2.03. The first kappa shape index (κ1) is 10.6. The molecule has 0 saturated carbocycles. The third-order valence-corrected chi connectivity index (χ3v) is 2.53. The molecular weight excluding hydrogens is 230 g/mol. The Hall–Kier alpha value is -2.50. The zero-order chi connectivity index (χ0) is 12.2. The van der Waals surface area contributed by atoms with Gasteiger partial charge in [0, 0.05) is 24.5 Å². The summed E-state index contributed by atoms with van der Waals surface area (Å²) in [6.45, 7) is 0.665. The molecular formula is C12H11N5O. The molecule has 3 rings (SSSR count). The molecule has 6 heteroatoms. The molecule has 0 saturated heterocycles. The number of nitrogens with one attached hydrogen (secondary N) is 1. The van der Waals surface area contributed by atoms with E-state index in [2.05, 4.69) is 29.9 Å². The monoisotopic (exact) mass is 241 g/mol. The van der Waals surface area contributed by atoms with Gasteiger partial charge in [-0.1, -0.05) is 23.4 Å². The SMILES string of the molecule is c1ccc2nc(NCCc3ncon3)ncc2c1. The van der Waals surface area contributed by atoms with Crippen molar-refractivity contribution in [3.63, 3.8) is 0 Å². The number of para-hydroxylation sites is 1. The van der Waals surface area contributed by atoms with Crippen LogP contribution >= 0.6 is 0 Å². The van der Waals surface area contributed by atoms with Gasteiger partial charge in [-0.25, -0.2) is 9.97 Å². The number of hydrogen-bond acceptors (Lipinski definition) is 6. The van der Waals surface area contributed by atoms with Crippen molar-refractivity contribution in [2.45, 2.75) is 6.42 Å². The minimum atomic E-state index is 0.609. The molecule has 0 aliphatic rings. The molecule has 0 aliphatic heterocycles. The van der Waals surface area contributed by atoms with Gasteiger partial charge in [-0.15, -0.1) is 0 Å². The average molecular weight is 241 g/mol. The lowest BCUT2D eigenvalue weighted by molar-refractivity contribution is 0.410. The summed E-state index contributed by atoms with van der Waals surface area (Å²) in [7, 11) is 0. The smallest absolute Gasteiger partial charge is 0.223 e. The van der Waals surface area contributed by atoms with Gasteiger partial charge in [0.1, 0.15) is 0 Å². The van der Waals surface area contributed by atoms with Crippen LogP contribution in [0.1, 0.15) is 5.82 Å². The van der Waals surface area contributed by atoms with Crippen molar-refractivity contribution in [3.8, 4) is 0 Å². The second-order valence-electron chi connectivity index (χ2n) is 3.78. The summed E-state index contributed by atoms with van der Waals surface area (Å²) in [5.74, 6) is 1.28. The molecule has 0 fully saturated rings. The molecule has 1 N–H and O–H groups in total. The molecule has 0 unspecified atom stereocenters. The first-order chi connectivity index (χ1) is 8.92. The minimum Gasteiger partial charge on any atom is -0.354 e. The maximum atomic E-state index is 4.65. The molecule has 18 heavy (non-hydrogen) atoms. The molecule has 1 aromatic carbocycles. The highest BCUT2D eigenvalue weighted by atomic mass is 16.5. The van der Waals surface area contributed by atoms with Crippen molar-refractivity contribution < 1.29 is 4.52 Å². The van der Waals surface area contributed by atoms with Gasteiger partial charge in [-0.05, 0) is 6.07 Å². The Balaban J connectivity index is 1.67. The number of hydrogen-bond donors (Lipinski definition) is 1. The van der Waals surface area contributed by atoms with Crippen LogP contribution in [0.3, 0.4) is 0 Å². The lowest BCUT2D eigenvalue weighted by Crippen LogP contribution is -2.08. The summed E-state index contributed by atoms with van der Waals surface area (Å²) in [5, 5.41) is 7.89. The van der Waals surface area contributed by atoms with Crippen LogP contribution in [0.5, 0.6) is 0 Å². The average Bonchev–Trinajstić information content (AvgIpc) is 2.92. The number of rotatable bonds is 4. The fourth-order valence-corrected chi connectivity index (χ4v) is 1.65. The van der Waals surface area contributed by atoms with E-state index in [9.17, 15) is 0 Å². The van der Waals surface area contributed by atoms with Gasteiger partial charge in [-0.3, -0.25) is 0 Å². The van der Waals surface area contributed by atoms with Crippen molar-refractivity contribution in [1.82, 2.24) is 20.1 Å². The van der Waals surface area contributed by atoms with Gasteiger partial charge in [-0.2, -0.15) is 4.98 Å². The van der Waals surface area contributed by atoms with E-state index in [0.717, 1.165) is 10.9 Å². The summed E-state index contributed by atoms with van der Waals surface area (Å²) in [4.78, 5) is 12.6. The molecule has 0 bridgehead atoms. The molecule has 0 spiro atoms. The first-order valence-electron chi connectivity index (χ1n) is 5.63. The Morgan fingerprint density at radius 2 is 2.11 bits per heavy atom. The Morgan fingerprint density at radius 1 is 1.17 bits per heavy atom. The Kier molecular flexibility index (Phi) is 2.83.